The number of hydrogen-bond acceptors (Lipinski definition) is 2. The number of aliphatic hydroxyl groups is 2. The smallest absolute Gasteiger partial charge is 0.0585 e. The van der Waals surface area contributed by atoms with Crippen molar-refractivity contribution in [3.63, 3.8) is 0 Å². The zero-order valence-electron chi connectivity index (χ0n) is 28.0. The molecule has 0 radical (unpaired) electrons. The van der Waals surface area contributed by atoms with Crippen LogP contribution in [0, 0.1) is 10.8 Å². The Morgan fingerprint density at radius 1 is 0.548 bits per heavy atom. The Kier molecular flexibility index (Phi) is 13.5. The Morgan fingerprint density at radius 3 is 1.19 bits per heavy atom. The van der Waals surface area contributed by atoms with E-state index in [4.69, 9.17) is 0 Å². The lowest BCUT2D eigenvalue weighted by atomic mass is 9.71. The average molecular weight is 569 g/mol. The Hall–Kier alpha value is -2.94. The van der Waals surface area contributed by atoms with Crippen molar-refractivity contribution < 1.29 is 10.2 Å². The van der Waals surface area contributed by atoms with E-state index in [1.807, 2.05) is 0 Å². The Balaban J connectivity index is 1.90. The molecule has 2 unspecified atom stereocenters. The first-order valence-corrected chi connectivity index (χ1v) is 15.5. The molecule has 2 heteroatoms. The molecule has 0 fully saturated rings. The predicted octanol–water partition coefficient (Wildman–Crippen LogP) is 10.5. The second kappa shape index (κ2) is 16.1. The van der Waals surface area contributed by atoms with Crippen molar-refractivity contribution in [2.75, 3.05) is 0 Å². The maximum absolute atomic E-state index is 10.1. The lowest BCUT2D eigenvalue weighted by Crippen LogP contribution is -2.28. The average Bonchev–Trinajstić information content (AvgIpc) is 2.84. The summed E-state index contributed by atoms with van der Waals surface area (Å²) in [6.07, 6.45) is 32.6. The van der Waals surface area contributed by atoms with Gasteiger partial charge in [0.25, 0.3) is 0 Å². The second-order valence-electron chi connectivity index (χ2n) is 13.7. The summed E-state index contributed by atoms with van der Waals surface area (Å²) in [6.45, 7) is 21.6. The first kappa shape index (κ1) is 35.3. The van der Waals surface area contributed by atoms with Crippen molar-refractivity contribution >= 4 is 0 Å². The van der Waals surface area contributed by atoms with Gasteiger partial charge in [-0.25, -0.2) is 0 Å². The van der Waals surface area contributed by atoms with E-state index in [0.717, 1.165) is 25.7 Å². The van der Waals surface area contributed by atoms with Crippen LogP contribution in [-0.2, 0) is 0 Å². The Morgan fingerprint density at radius 2 is 0.857 bits per heavy atom. The minimum Gasteiger partial charge on any atom is -0.393 e. The minimum atomic E-state index is -0.227. The van der Waals surface area contributed by atoms with Gasteiger partial charge < -0.3 is 10.2 Å². The van der Waals surface area contributed by atoms with Crippen LogP contribution in [0.3, 0.4) is 0 Å². The SMILES string of the molecule is CC(C=CC=C(C)C=CC=C(C)C=CC1=C(C)CC(O)CC1(C)C)=CC=CC=C(C)C=CC1=C(C)CC(O)CC1(C)C. The molecule has 2 atom stereocenters. The van der Waals surface area contributed by atoms with Crippen molar-refractivity contribution in [2.24, 2.45) is 10.8 Å². The summed E-state index contributed by atoms with van der Waals surface area (Å²) in [5, 5.41) is 20.2. The largest absolute Gasteiger partial charge is 0.393 e. The van der Waals surface area contributed by atoms with E-state index >= 15 is 0 Å². The van der Waals surface area contributed by atoms with Gasteiger partial charge in [-0.15, -0.1) is 0 Å². The molecule has 42 heavy (non-hydrogen) atoms. The molecule has 0 aliphatic heterocycles. The Labute approximate surface area is 257 Å². The van der Waals surface area contributed by atoms with Crippen molar-refractivity contribution in [2.45, 2.75) is 107 Å². The normalized spacial score (nSPS) is 25.0. The van der Waals surface area contributed by atoms with Gasteiger partial charge in [0, 0.05) is 0 Å². The summed E-state index contributed by atoms with van der Waals surface area (Å²) in [7, 11) is 0. The van der Waals surface area contributed by atoms with E-state index in [1.165, 1.54) is 44.6 Å². The van der Waals surface area contributed by atoms with Gasteiger partial charge in [-0.05, 0) is 89.2 Å². The summed E-state index contributed by atoms with van der Waals surface area (Å²) in [5.74, 6) is 0. The second-order valence-corrected chi connectivity index (χ2v) is 13.7. The van der Waals surface area contributed by atoms with Crippen molar-refractivity contribution in [3.8, 4) is 0 Å². The highest BCUT2D eigenvalue weighted by atomic mass is 16.3. The van der Waals surface area contributed by atoms with Gasteiger partial charge in [0.15, 0.2) is 0 Å². The molecule has 0 bridgehead atoms. The fourth-order valence-electron chi connectivity index (χ4n) is 6.13. The molecule has 2 aliphatic rings. The molecule has 2 nitrogen and oxygen atoms in total. The van der Waals surface area contributed by atoms with Crippen molar-refractivity contribution in [1.29, 1.82) is 0 Å². The monoisotopic (exact) mass is 568 g/mol. The van der Waals surface area contributed by atoms with E-state index in [0.29, 0.717) is 0 Å². The zero-order valence-corrected chi connectivity index (χ0v) is 28.0. The third-order valence-electron chi connectivity index (χ3n) is 8.24. The lowest BCUT2D eigenvalue weighted by Gasteiger charge is -2.35. The first-order chi connectivity index (χ1) is 19.6. The van der Waals surface area contributed by atoms with Crippen LogP contribution in [-0.4, -0.2) is 22.4 Å². The predicted molar refractivity (Wildman–Crippen MR) is 184 cm³/mol. The van der Waals surface area contributed by atoms with Crippen LogP contribution in [0.25, 0.3) is 0 Å². The molecule has 0 aromatic heterocycles. The quantitative estimate of drug-likeness (QED) is 0.257. The van der Waals surface area contributed by atoms with Gasteiger partial charge in [-0.2, -0.15) is 0 Å². The van der Waals surface area contributed by atoms with Crippen LogP contribution in [0.5, 0.6) is 0 Å². The van der Waals surface area contributed by atoms with Gasteiger partial charge in [0.2, 0.25) is 0 Å². The topological polar surface area (TPSA) is 40.5 Å². The van der Waals surface area contributed by atoms with Gasteiger partial charge in [0.05, 0.1) is 12.2 Å². The van der Waals surface area contributed by atoms with Crippen LogP contribution in [0.2, 0.25) is 0 Å². The summed E-state index contributed by atoms with van der Waals surface area (Å²) in [4.78, 5) is 0. The maximum Gasteiger partial charge on any atom is 0.0585 e. The molecule has 0 heterocycles. The standard InChI is InChI=1S/C40H56O2/c1-29(15-11-12-16-31(3)21-23-37-33(5)25-35(41)27-39(37,7)8)17-13-18-30(2)19-14-20-32(4)22-24-38-34(6)26-36(42)28-40(38,9)10/h11-24,35-36,41-42H,25-28H2,1-10H3. The zero-order chi connectivity index (χ0) is 31.5. The summed E-state index contributed by atoms with van der Waals surface area (Å²) < 4.78 is 0. The molecule has 0 saturated carbocycles. The fraction of sp³-hybridized carbons (Fsp3) is 0.450. The minimum absolute atomic E-state index is 0.00524. The third kappa shape index (κ3) is 11.7. The van der Waals surface area contributed by atoms with E-state index in [1.54, 1.807) is 0 Å². The van der Waals surface area contributed by atoms with Gasteiger partial charge in [0.1, 0.15) is 0 Å². The van der Waals surface area contributed by atoms with E-state index in [2.05, 4.69) is 154 Å². The summed E-state index contributed by atoms with van der Waals surface area (Å²) in [5.41, 5.74) is 10.1. The first-order valence-electron chi connectivity index (χ1n) is 15.5. The van der Waals surface area contributed by atoms with E-state index < -0.39 is 0 Å². The van der Waals surface area contributed by atoms with Crippen LogP contribution < -0.4 is 0 Å². The molecule has 0 saturated heterocycles. The maximum atomic E-state index is 10.1. The molecule has 0 amide bonds. The van der Waals surface area contributed by atoms with Crippen molar-refractivity contribution in [1.82, 2.24) is 0 Å². The molecule has 228 valence electrons. The molecule has 2 N–H and O–H groups in total. The fourth-order valence-corrected chi connectivity index (χ4v) is 6.13. The highest BCUT2D eigenvalue weighted by molar-refractivity contribution is 5.39. The van der Waals surface area contributed by atoms with Gasteiger partial charge in [-0.3, -0.25) is 0 Å². The number of allylic oxidation sites excluding steroid dienone is 20. The summed E-state index contributed by atoms with van der Waals surface area (Å²) >= 11 is 0. The van der Waals surface area contributed by atoms with E-state index in [-0.39, 0.29) is 23.0 Å². The van der Waals surface area contributed by atoms with Gasteiger partial charge in [-0.1, -0.05) is 146 Å². The molecular formula is C40H56O2. The van der Waals surface area contributed by atoms with Crippen LogP contribution in [0.1, 0.15) is 94.9 Å². The van der Waals surface area contributed by atoms with E-state index in [9.17, 15) is 10.2 Å². The number of hydrogen-bond donors (Lipinski definition) is 2. The van der Waals surface area contributed by atoms with Crippen molar-refractivity contribution in [3.05, 3.63) is 130 Å². The molecule has 0 aromatic carbocycles. The molecule has 2 rings (SSSR count). The number of rotatable bonds is 10. The van der Waals surface area contributed by atoms with Crippen LogP contribution in [0.4, 0.5) is 0 Å². The summed E-state index contributed by atoms with van der Waals surface area (Å²) in [6, 6.07) is 0. The highest BCUT2D eigenvalue weighted by Gasteiger charge is 2.32. The van der Waals surface area contributed by atoms with Gasteiger partial charge >= 0.3 is 0 Å². The number of aliphatic hydroxyl groups excluding tert-OH is 2. The van der Waals surface area contributed by atoms with Crippen LogP contribution in [0.15, 0.2) is 130 Å². The highest BCUT2D eigenvalue weighted by Crippen LogP contribution is 2.42. The molecule has 0 spiro atoms. The molecule has 2 aliphatic carbocycles. The third-order valence-corrected chi connectivity index (χ3v) is 8.24. The van der Waals surface area contributed by atoms with Crippen LogP contribution >= 0.6 is 0 Å². The lowest BCUT2D eigenvalue weighted by molar-refractivity contribution is 0.116. The Bertz CT molecular complexity index is 1290. The molecular weight excluding hydrogens is 512 g/mol. The molecule has 0 aromatic rings.